The third-order valence-corrected chi connectivity index (χ3v) is 3.94. The van der Waals surface area contributed by atoms with Gasteiger partial charge in [0.25, 0.3) is 0 Å². The van der Waals surface area contributed by atoms with E-state index in [0.29, 0.717) is 12.5 Å². The topological polar surface area (TPSA) is 66.3 Å². The van der Waals surface area contributed by atoms with Gasteiger partial charge in [-0.1, -0.05) is 0 Å². The fraction of sp³-hybridized carbons (Fsp3) is 0.588. The predicted molar refractivity (Wildman–Crippen MR) is 91.0 cm³/mol. The van der Waals surface area contributed by atoms with E-state index in [1.807, 2.05) is 20.0 Å². The van der Waals surface area contributed by atoms with E-state index in [0.717, 1.165) is 50.0 Å². The van der Waals surface area contributed by atoms with Crippen molar-refractivity contribution in [3.63, 3.8) is 0 Å². The first kappa shape index (κ1) is 17.4. The van der Waals surface area contributed by atoms with Crippen LogP contribution in [0.5, 0.6) is 11.5 Å². The predicted octanol–water partition coefficient (Wildman–Crippen LogP) is 1.83. The van der Waals surface area contributed by atoms with Gasteiger partial charge in [-0.05, 0) is 31.5 Å². The molecule has 23 heavy (non-hydrogen) atoms. The van der Waals surface area contributed by atoms with Crippen molar-refractivity contribution < 1.29 is 14.6 Å². The molecule has 0 spiro atoms. The second-order valence-electron chi connectivity index (χ2n) is 5.77. The Labute approximate surface area is 138 Å². The molecule has 2 rings (SSSR count). The van der Waals surface area contributed by atoms with E-state index >= 15 is 0 Å². The van der Waals surface area contributed by atoms with Gasteiger partial charge in [0.2, 0.25) is 0 Å². The van der Waals surface area contributed by atoms with Gasteiger partial charge in [0, 0.05) is 38.2 Å². The highest BCUT2D eigenvalue weighted by atomic mass is 16.5. The van der Waals surface area contributed by atoms with Crippen LogP contribution >= 0.6 is 0 Å². The molecular weight excluding hydrogens is 294 g/mol. The summed E-state index contributed by atoms with van der Waals surface area (Å²) < 4.78 is 10.6. The van der Waals surface area contributed by atoms with Crippen molar-refractivity contribution in [1.82, 2.24) is 10.2 Å². The first-order chi connectivity index (χ1) is 11.1. The van der Waals surface area contributed by atoms with Gasteiger partial charge in [0.05, 0.1) is 20.3 Å². The number of phenolic OH excluding ortho intramolecular Hbond substituents is 1. The number of methoxy groups -OCH3 is 1. The summed E-state index contributed by atoms with van der Waals surface area (Å²) in [5.74, 6) is 2.34. The number of ether oxygens (including phenoxy) is 2. The number of nitrogens with zero attached hydrogens (tertiary/aromatic N) is 2. The molecule has 1 unspecified atom stereocenters. The summed E-state index contributed by atoms with van der Waals surface area (Å²) in [6.07, 6.45) is 1.10. The van der Waals surface area contributed by atoms with Gasteiger partial charge in [-0.3, -0.25) is 0 Å². The molecule has 1 saturated heterocycles. The molecule has 128 valence electrons. The van der Waals surface area contributed by atoms with E-state index in [-0.39, 0.29) is 5.75 Å². The minimum absolute atomic E-state index is 0.234. The van der Waals surface area contributed by atoms with Crippen molar-refractivity contribution >= 4 is 5.96 Å². The molecular formula is C17H27N3O3. The zero-order valence-electron chi connectivity index (χ0n) is 14.2. The van der Waals surface area contributed by atoms with E-state index < -0.39 is 0 Å². The molecule has 1 aliphatic rings. The van der Waals surface area contributed by atoms with Crippen LogP contribution in [0.1, 0.15) is 18.9 Å². The van der Waals surface area contributed by atoms with Gasteiger partial charge in [-0.15, -0.1) is 0 Å². The fourth-order valence-electron chi connectivity index (χ4n) is 2.65. The van der Waals surface area contributed by atoms with Crippen LogP contribution in [0.25, 0.3) is 0 Å². The summed E-state index contributed by atoms with van der Waals surface area (Å²) in [5, 5.41) is 13.3. The third-order valence-electron chi connectivity index (χ3n) is 3.94. The fourth-order valence-corrected chi connectivity index (χ4v) is 2.65. The quantitative estimate of drug-likeness (QED) is 0.618. The molecule has 0 saturated carbocycles. The minimum Gasteiger partial charge on any atom is -0.508 e. The van der Waals surface area contributed by atoms with Crippen LogP contribution in [0.2, 0.25) is 0 Å². The summed E-state index contributed by atoms with van der Waals surface area (Å²) in [6, 6.07) is 5.18. The maximum Gasteiger partial charge on any atom is 0.193 e. The lowest BCUT2D eigenvalue weighted by Crippen LogP contribution is -2.41. The van der Waals surface area contributed by atoms with Crippen LogP contribution in [-0.2, 0) is 11.3 Å². The van der Waals surface area contributed by atoms with Crippen molar-refractivity contribution in [2.45, 2.75) is 19.9 Å². The minimum atomic E-state index is 0.234. The van der Waals surface area contributed by atoms with Crippen molar-refractivity contribution in [3.8, 4) is 11.5 Å². The Balaban J connectivity index is 2.05. The largest absolute Gasteiger partial charge is 0.508 e. The van der Waals surface area contributed by atoms with Gasteiger partial charge in [0.15, 0.2) is 5.96 Å². The number of nitrogens with one attached hydrogen (secondary N) is 1. The smallest absolute Gasteiger partial charge is 0.193 e. The maximum atomic E-state index is 9.97. The number of benzene rings is 1. The molecule has 2 N–H and O–H groups in total. The van der Waals surface area contributed by atoms with Crippen LogP contribution < -0.4 is 10.1 Å². The Bertz CT molecular complexity index is 528. The molecule has 1 fully saturated rings. The van der Waals surface area contributed by atoms with Gasteiger partial charge < -0.3 is 24.8 Å². The summed E-state index contributed by atoms with van der Waals surface area (Å²) in [7, 11) is 3.65. The van der Waals surface area contributed by atoms with Crippen molar-refractivity contribution in [2.75, 3.05) is 40.5 Å². The molecule has 1 heterocycles. The highest BCUT2D eigenvalue weighted by molar-refractivity contribution is 5.79. The zero-order chi connectivity index (χ0) is 16.7. The summed E-state index contributed by atoms with van der Waals surface area (Å²) in [4.78, 5) is 6.76. The Morgan fingerprint density at radius 2 is 2.35 bits per heavy atom. The van der Waals surface area contributed by atoms with E-state index in [4.69, 9.17) is 9.47 Å². The van der Waals surface area contributed by atoms with Crippen molar-refractivity contribution in [1.29, 1.82) is 0 Å². The van der Waals surface area contributed by atoms with Crippen LogP contribution in [0, 0.1) is 5.92 Å². The number of rotatable bonds is 6. The molecule has 0 radical (unpaired) electrons. The van der Waals surface area contributed by atoms with E-state index in [9.17, 15) is 5.11 Å². The highest BCUT2D eigenvalue weighted by Crippen LogP contribution is 2.23. The summed E-state index contributed by atoms with van der Waals surface area (Å²) in [6.45, 7) is 5.83. The average molecular weight is 321 g/mol. The molecule has 1 aromatic carbocycles. The lowest BCUT2D eigenvalue weighted by Gasteiger charge is -2.24. The van der Waals surface area contributed by atoms with Crippen LogP contribution in [-0.4, -0.2) is 56.4 Å². The molecule has 6 heteroatoms. The van der Waals surface area contributed by atoms with E-state index in [1.54, 1.807) is 19.2 Å². The molecule has 0 aliphatic carbocycles. The first-order valence-electron chi connectivity index (χ1n) is 8.07. The van der Waals surface area contributed by atoms with Gasteiger partial charge >= 0.3 is 0 Å². The van der Waals surface area contributed by atoms with Gasteiger partial charge in [-0.25, -0.2) is 4.99 Å². The van der Waals surface area contributed by atoms with Gasteiger partial charge in [0.1, 0.15) is 11.5 Å². The third kappa shape index (κ3) is 5.03. The Hall–Kier alpha value is -1.95. The molecule has 0 aromatic heterocycles. The lowest BCUT2D eigenvalue weighted by molar-refractivity contribution is 0.181. The normalized spacial score (nSPS) is 18.0. The number of aromatic hydroxyl groups is 1. The second kappa shape index (κ2) is 8.62. The first-order valence-corrected chi connectivity index (χ1v) is 8.07. The van der Waals surface area contributed by atoms with Crippen molar-refractivity contribution in [3.05, 3.63) is 23.8 Å². The molecule has 1 aliphatic heterocycles. The average Bonchev–Trinajstić information content (AvgIpc) is 3.05. The van der Waals surface area contributed by atoms with Crippen LogP contribution in [0.4, 0.5) is 0 Å². The van der Waals surface area contributed by atoms with Crippen molar-refractivity contribution in [2.24, 2.45) is 10.9 Å². The zero-order valence-corrected chi connectivity index (χ0v) is 14.2. The highest BCUT2D eigenvalue weighted by Gasteiger charge is 2.19. The maximum absolute atomic E-state index is 9.97. The number of hydrogen-bond donors (Lipinski definition) is 2. The number of hydrogen-bond acceptors (Lipinski definition) is 4. The Kier molecular flexibility index (Phi) is 6.52. The summed E-state index contributed by atoms with van der Waals surface area (Å²) >= 11 is 0. The van der Waals surface area contributed by atoms with E-state index in [2.05, 4.69) is 15.2 Å². The van der Waals surface area contributed by atoms with Crippen LogP contribution in [0.15, 0.2) is 23.2 Å². The SMILES string of the molecule is CCNC(=NCc1cc(OC)ccc1O)N(C)CC1CCOC1. The second-order valence-corrected chi connectivity index (χ2v) is 5.77. The molecule has 6 nitrogen and oxygen atoms in total. The molecule has 1 atom stereocenters. The molecule has 1 aromatic rings. The Morgan fingerprint density at radius 1 is 1.52 bits per heavy atom. The van der Waals surface area contributed by atoms with Crippen LogP contribution in [0.3, 0.4) is 0 Å². The van der Waals surface area contributed by atoms with E-state index in [1.165, 1.54) is 0 Å². The monoisotopic (exact) mass is 321 g/mol. The standard InChI is InChI=1S/C17H27N3O3/c1-4-18-17(20(2)11-13-7-8-23-12-13)19-10-14-9-15(22-3)5-6-16(14)21/h5-6,9,13,21H,4,7-8,10-12H2,1-3H3,(H,18,19). The Morgan fingerprint density at radius 3 is 3.00 bits per heavy atom. The lowest BCUT2D eigenvalue weighted by atomic mass is 10.1. The number of guanidine groups is 1. The number of aliphatic imine (C=N–C) groups is 1. The summed E-state index contributed by atoms with van der Waals surface area (Å²) in [5.41, 5.74) is 0.748. The number of phenols is 1. The van der Waals surface area contributed by atoms with Gasteiger partial charge in [-0.2, -0.15) is 0 Å². The molecule has 0 bridgehead atoms. The molecule has 0 amide bonds.